The molecule has 0 saturated carbocycles. The number of ether oxygens (including phenoxy) is 1. The summed E-state index contributed by atoms with van der Waals surface area (Å²) in [7, 11) is 1.54. The third-order valence-corrected chi connectivity index (χ3v) is 8.02. The van der Waals surface area contributed by atoms with Crippen LogP contribution in [0.5, 0.6) is 5.75 Å². The maximum atomic E-state index is 13.3. The van der Waals surface area contributed by atoms with Gasteiger partial charge in [0.25, 0.3) is 5.91 Å². The molecule has 238 valence electrons. The number of carbonyl (C=O) groups excluding carboxylic acids is 2. The van der Waals surface area contributed by atoms with Crippen LogP contribution in [0.1, 0.15) is 28.4 Å². The summed E-state index contributed by atoms with van der Waals surface area (Å²) in [5.74, 6) is 0.143. The maximum Gasteiger partial charge on any atom is 0.416 e. The van der Waals surface area contributed by atoms with Crippen LogP contribution in [0.15, 0.2) is 70.4 Å². The molecule has 2 aromatic carbocycles. The first-order valence-electron chi connectivity index (χ1n) is 13.4. The minimum Gasteiger partial charge on any atom is -0.497 e. The minimum atomic E-state index is -5.08. The summed E-state index contributed by atoms with van der Waals surface area (Å²) >= 11 is 1.12. The molecular weight excluding hydrogens is 628 g/mol. The molecule has 0 radical (unpaired) electrons. The number of piperazine rings is 1. The molecule has 1 saturated heterocycles. The lowest BCUT2D eigenvalue weighted by molar-refractivity contribution is -0.143. The Morgan fingerprint density at radius 2 is 1.64 bits per heavy atom. The molecule has 4 aromatic rings. The van der Waals surface area contributed by atoms with Crippen molar-refractivity contribution in [3.05, 3.63) is 77.6 Å². The van der Waals surface area contributed by atoms with Crippen LogP contribution in [0.4, 0.5) is 26.3 Å². The average Bonchev–Trinajstić information content (AvgIpc) is 3.69. The second-order valence-corrected chi connectivity index (χ2v) is 11.0. The highest BCUT2D eigenvalue weighted by Gasteiger charge is 2.39. The smallest absolute Gasteiger partial charge is 0.416 e. The lowest BCUT2D eigenvalue weighted by Crippen LogP contribution is -2.55. The Labute approximate surface area is 256 Å². The van der Waals surface area contributed by atoms with Gasteiger partial charge in [0.05, 0.1) is 35.9 Å². The molecule has 0 N–H and O–H groups in total. The van der Waals surface area contributed by atoms with E-state index in [4.69, 9.17) is 9.15 Å². The summed E-state index contributed by atoms with van der Waals surface area (Å²) in [6, 6.07) is 10.6. The highest BCUT2D eigenvalue weighted by molar-refractivity contribution is 7.99. The summed E-state index contributed by atoms with van der Waals surface area (Å²) in [4.78, 5) is 29.0. The Bertz CT molecular complexity index is 1640. The van der Waals surface area contributed by atoms with Crippen LogP contribution in [0, 0.1) is 0 Å². The number of amides is 2. The number of carbonyl (C=O) groups is 2. The Morgan fingerprint density at radius 1 is 0.978 bits per heavy atom. The van der Waals surface area contributed by atoms with Gasteiger partial charge in [-0.2, -0.15) is 26.3 Å². The van der Waals surface area contributed by atoms with Gasteiger partial charge in [0, 0.05) is 31.2 Å². The third kappa shape index (κ3) is 6.95. The number of benzene rings is 2. The minimum absolute atomic E-state index is 0.0263. The Morgan fingerprint density at radius 3 is 2.20 bits per heavy atom. The van der Waals surface area contributed by atoms with Gasteiger partial charge in [-0.3, -0.25) is 14.2 Å². The monoisotopic (exact) mass is 653 g/mol. The van der Waals surface area contributed by atoms with Crippen molar-refractivity contribution in [2.24, 2.45) is 0 Å². The van der Waals surface area contributed by atoms with Gasteiger partial charge in [-0.1, -0.05) is 11.8 Å². The highest BCUT2D eigenvalue weighted by Crippen LogP contribution is 2.37. The fraction of sp³-hybridized carbons (Fsp3) is 0.310. The Balaban J connectivity index is 1.29. The first-order chi connectivity index (χ1) is 21.3. The number of hydrogen-bond acceptors (Lipinski definition) is 7. The highest BCUT2D eigenvalue weighted by atomic mass is 32.2. The van der Waals surface area contributed by atoms with E-state index in [9.17, 15) is 35.9 Å². The number of aromatic nitrogens is 3. The predicted molar refractivity (Wildman–Crippen MR) is 150 cm³/mol. The number of furan rings is 1. The molecule has 0 spiro atoms. The normalized spacial score (nSPS) is 15.8. The molecule has 1 fully saturated rings. The zero-order chi connectivity index (χ0) is 32.5. The number of halogens is 6. The van der Waals surface area contributed by atoms with E-state index in [-0.39, 0.29) is 37.4 Å². The first-order valence-corrected chi connectivity index (χ1v) is 14.4. The summed E-state index contributed by atoms with van der Waals surface area (Å²) in [5.41, 5.74) is -3.19. The van der Waals surface area contributed by atoms with Gasteiger partial charge in [0.1, 0.15) is 5.75 Å². The molecule has 1 aliphatic rings. The molecule has 0 bridgehead atoms. The van der Waals surface area contributed by atoms with Gasteiger partial charge in [-0.15, -0.1) is 10.2 Å². The number of nitrogens with zero attached hydrogens (tertiary/aromatic N) is 5. The first kappa shape index (κ1) is 31.9. The van der Waals surface area contributed by atoms with Gasteiger partial charge in [0.15, 0.2) is 10.9 Å². The van der Waals surface area contributed by atoms with E-state index in [1.165, 1.54) is 16.1 Å². The van der Waals surface area contributed by atoms with E-state index in [0.29, 0.717) is 40.3 Å². The molecule has 45 heavy (non-hydrogen) atoms. The summed E-state index contributed by atoms with van der Waals surface area (Å²) < 4.78 is 92.4. The molecule has 9 nitrogen and oxygen atoms in total. The molecule has 2 aromatic heterocycles. The van der Waals surface area contributed by atoms with Crippen LogP contribution in [0.2, 0.25) is 0 Å². The Kier molecular flexibility index (Phi) is 8.87. The molecule has 1 atom stereocenters. The van der Waals surface area contributed by atoms with Gasteiger partial charge in [-0.25, -0.2) is 0 Å². The number of rotatable bonds is 7. The third-order valence-electron chi connectivity index (χ3n) is 7.11. The molecule has 1 unspecified atom stereocenters. The van der Waals surface area contributed by atoms with Crippen molar-refractivity contribution >= 4 is 23.6 Å². The average molecular weight is 654 g/mol. The van der Waals surface area contributed by atoms with Crippen molar-refractivity contribution in [2.45, 2.75) is 30.5 Å². The van der Waals surface area contributed by atoms with Gasteiger partial charge < -0.3 is 19.0 Å². The fourth-order valence-corrected chi connectivity index (χ4v) is 5.70. The zero-order valence-corrected chi connectivity index (χ0v) is 24.5. The summed E-state index contributed by atoms with van der Waals surface area (Å²) in [5, 5.41) is 8.87. The Hall–Kier alpha value is -4.47. The lowest BCUT2D eigenvalue weighted by atomic mass is 10.0. The van der Waals surface area contributed by atoms with Crippen LogP contribution >= 0.6 is 11.8 Å². The molecular formula is C29H25F6N5O4S. The molecule has 3 heterocycles. The van der Waals surface area contributed by atoms with Crippen molar-refractivity contribution < 1.29 is 45.1 Å². The van der Waals surface area contributed by atoms with Crippen molar-refractivity contribution in [1.29, 1.82) is 0 Å². The molecule has 2 amide bonds. The van der Waals surface area contributed by atoms with E-state index < -0.39 is 41.0 Å². The summed E-state index contributed by atoms with van der Waals surface area (Å²) in [6.45, 7) is 1.54. The van der Waals surface area contributed by atoms with Gasteiger partial charge in [0.2, 0.25) is 11.7 Å². The number of thioether (sulfide) groups is 1. The fourth-order valence-electron chi connectivity index (χ4n) is 4.84. The van der Waals surface area contributed by atoms with Crippen LogP contribution < -0.4 is 4.74 Å². The van der Waals surface area contributed by atoms with Crippen LogP contribution in [0.25, 0.3) is 17.3 Å². The molecule has 16 heteroatoms. The number of hydrogen-bond donors (Lipinski definition) is 0. The lowest BCUT2D eigenvalue weighted by Gasteiger charge is -2.40. The van der Waals surface area contributed by atoms with E-state index in [2.05, 4.69) is 10.2 Å². The van der Waals surface area contributed by atoms with Crippen molar-refractivity contribution in [3.63, 3.8) is 0 Å². The van der Waals surface area contributed by atoms with Crippen molar-refractivity contribution in [2.75, 3.05) is 32.5 Å². The van der Waals surface area contributed by atoms with Gasteiger partial charge >= 0.3 is 12.4 Å². The number of methoxy groups -OCH3 is 1. The standard InChI is InChI=1S/C29H25F6N5O4S/c1-17-15-38(9-10-39(17)26(42)18-12-19(28(30,31)32)14-20(13-18)29(33,34)35)24(41)16-45-27-37-36-25(23-4-3-11-44-23)40(27)21-5-7-22(43-2)8-6-21/h3-8,11-14,17H,9-10,15-16H2,1-2H3. The SMILES string of the molecule is COc1ccc(-n2c(SCC(=O)N3CCN(C(=O)c4cc(C(F)(F)F)cc(C(F)(F)F)c4)C(C)C3)nnc2-c2ccco2)cc1. The molecule has 0 aliphatic carbocycles. The van der Waals surface area contributed by atoms with Crippen LogP contribution in [0.3, 0.4) is 0 Å². The zero-order valence-electron chi connectivity index (χ0n) is 23.7. The van der Waals surface area contributed by atoms with Crippen LogP contribution in [-0.4, -0.2) is 74.9 Å². The second kappa shape index (κ2) is 12.5. The van der Waals surface area contributed by atoms with E-state index in [1.54, 1.807) is 55.0 Å². The van der Waals surface area contributed by atoms with E-state index in [1.807, 2.05) is 0 Å². The van der Waals surface area contributed by atoms with E-state index in [0.717, 1.165) is 11.8 Å². The van der Waals surface area contributed by atoms with Gasteiger partial charge in [-0.05, 0) is 61.5 Å². The van der Waals surface area contributed by atoms with Crippen LogP contribution in [-0.2, 0) is 17.1 Å². The topological polar surface area (TPSA) is 93.7 Å². The largest absolute Gasteiger partial charge is 0.497 e. The van der Waals surface area contributed by atoms with Crippen molar-refractivity contribution in [3.8, 4) is 23.0 Å². The number of alkyl halides is 6. The van der Waals surface area contributed by atoms with Crippen molar-refractivity contribution in [1.82, 2.24) is 24.6 Å². The van der Waals surface area contributed by atoms with E-state index >= 15 is 0 Å². The maximum absolute atomic E-state index is 13.3. The quantitative estimate of drug-likeness (QED) is 0.177. The predicted octanol–water partition coefficient (Wildman–Crippen LogP) is 6.04. The summed E-state index contributed by atoms with van der Waals surface area (Å²) in [6.07, 6.45) is -8.67. The molecule has 5 rings (SSSR count). The molecule has 1 aliphatic heterocycles. The second-order valence-electron chi connectivity index (χ2n) is 10.1.